The maximum atomic E-state index is 12.5. The zero-order valence-corrected chi connectivity index (χ0v) is 21.5. The Balaban J connectivity index is 1.17. The highest BCUT2D eigenvalue weighted by Crippen LogP contribution is 2.25. The summed E-state index contributed by atoms with van der Waals surface area (Å²) in [6.07, 6.45) is 7.21. The van der Waals surface area contributed by atoms with Crippen LogP contribution in [-0.2, 0) is 16.0 Å². The lowest BCUT2D eigenvalue weighted by molar-refractivity contribution is -0.148. The lowest BCUT2D eigenvalue weighted by Crippen LogP contribution is -2.55. The van der Waals surface area contributed by atoms with Crippen molar-refractivity contribution >= 4 is 17.5 Å². The number of nitrogens with one attached hydrogen (secondary N) is 1. The summed E-state index contributed by atoms with van der Waals surface area (Å²) in [6.45, 7) is 9.59. The number of nitrogens with zero attached hydrogens (tertiary/aromatic N) is 6. The Morgan fingerprint density at radius 1 is 1.19 bits per heavy atom. The zero-order chi connectivity index (χ0) is 25.2. The van der Waals surface area contributed by atoms with Crippen molar-refractivity contribution in [2.75, 3.05) is 38.5 Å². The maximum Gasteiger partial charge on any atom is 0.227 e. The van der Waals surface area contributed by atoms with Gasteiger partial charge in [0, 0.05) is 50.6 Å². The van der Waals surface area contributed by atoms with Gasteiger partial charge in [-0.3, -0.25) is 9.48 Å². The van der Waals surface area contributed by atoms with Crippen LogP contribution in [0.3, 0.4) is 0 Å². The van der Waals surface area contributed by atoms with E-state index in [0.717, 1.165) is 42.0 Å². The van der Waals surface area contributed by atoms with Gasteiger partial charge >= 0.3 is 0 Å². The van der Waals surface area contributed by atoms with Gasteiger partial charge < -0.3 is 19.9 Å². The minimum atomic E-state index is 0.183. The molecule has 0 atom stereocenters. The molecule has 0 unspecified atom stereocenters. The maximum absolute atomic E-state index is 12.5. The van der Waals surface area contributed by atoms with Gasteiger partial charge in [-0.1, -0.05) is 12.1 Å². The molecule has 36 heavy (non-hydrogen) atoms. The number of benzene rings is 1. The fourth-order valence-corrected chi connectivity index (χ4v) is 4.79. The van der Waals surface area contributed by atoms with E-state index in [0.29, 0.717) is 31.5 Å². The normalized spacial score (nSPS) is 16.8. The largest absolute Gasteiger partial charge is 0.372 e. The highest BCUT2D eigenvalue weighted by atomic mass is 16.5. The molecule has 2 aromatic heterocycles. The summed E-state index contributed by atoms with van der Waals surface area (Å²) in [6, 6.07) is 8.65. The van der Waals surface area contributed by atoms with Gasteiger partial charge in [0.2, 0.25) is 11.9 Å². The fraction of sp³-hybridized carbons (Fsp3) is 0.481. The molecule has 2 aliphatic heterocycles. The topological polar surface area (TPSA) is 88.4 Å². The standard InChI is InChI=1S/C27H35N7O2/c1-18(2)36-24-16-33(17-24)26(35)8-7-20-5-6-21(11-19(20)3)25-9-10-28-27(31-25)30-22-12-29-34(13-22)23-14-32(4)15-23/h5-6,9-13,18,23-24H,7-8,14-17H2,1-4H3,(H,28,30,31). The van der Waals surface area contributed by atoms with E-state index in [1.165, 1.54) is 5.56 Å². The quantitative estimate of drug-likeness (QED) is 0.493. The van der Waals surface area contributed by atoms with Crippen LogP contribution in [0.25, 0.3) is 11.3 Å². The van der Waals surface area contributed by atoms with E-state index in [2.05, 4.69) is 52.5 Å². The van der Waals surface area contributed by atoms with Gasteiger partial charge in [0.05, 0.1) is 35.8 Å². The second kappa shape index (κ2) is 10.4. The van der Waals surface area contributed by atoms with Crippen molar-refractivity contribution in [3.8, 4) is 11.3 Å². The van der Waals surface area contributed by atoms with Gasteiger partial charge in [0.1, 0.15) is 0 Å². The number of rotatable bonds is 9. The Morgan fingerprint density at radius 3 is 2.72 bits per heavy atom. The molecule has 4 heterocycles. The molecule has 9 heteroatoms. The van der Waals surface area contributed by atoms with Crippen LogP contribution in [0.4, 0.5) is 11.6 Å². The van der Waals surface area contributed by atoms with E-state index in [9.17, 15) is 4.79 Å². The number of likely N-dealkylation sites (N-methyl/N-ethyl adjacent to an activating group) is 1. The highest BCUT2D eigenvalue weighted by molar-refractivity contribution is 5.77. The summed E-state index contributed by atoms with van der Waals surface area (Å²) < 4.78 is 7.75. The molecule has 3 aromatic rings. The summed E-state index contributed by atoms with van der Waals surface area (Å²) in [7, 11) is 2.11. The van der Waals surface area contributed by atoms with Crippen molar-refractivity contribution in [2.24, 2.45) is 0 Å². The minimum Gasteiger partial charge on any atom is -0.372 e. The molecule has 0 aliphatic carbocycles. The third-order valence-corrected chi connectivity index (χ3v) is 6.84. The summed E-state index contributed by atoms with van der Waals surface area (Å²) in [4.78, 5) is 25.8. The third-order valence-electron chi connectivity index (χ3n) is 6.84. The van der Waals surface area contributed by atoms with Gasteiger partial charge in [-0.25, -0.2) is 9.97 Å². The average Bonchev–Trinajstić information content (AvgIpc) is 3.26. The van der Waals surface area contributed by atoms with Crippen LogP contribution in [0, 0.1) is 6.92 Å². The molecule has 2 saturated heterocycles. The number of anilines is 2. The van der Waals surface area contributed by atoms with Crippen molar-refractivity contribution < 1.29 is 9.53 Å². The van der Waals surface area contributed by atoms with Crippen LogP contribution in [0.5, 0.6) is 0 Å². The fourth-order valence-electron chi connectivity index (χ4n) is 4.79. The van der Waals surface area contributed by atoms with Gasteiger partial charge in [-0.2, -0.15) is 5.10 Å². The van der Waals surface area contributed by atoms with Crippen molar-refractivity contribution in [3.63, 3.8) is 0 Å². The Hall–Kier alpha value is -3.30. The first-order valence-electron chi connectivity index (χ1n) is 12.7. The molecular formula is C27H35N7O2. The molecule has 1 aromatic carbocycles. The molecule has 2 fully saturated rings. The highest BCUT2D eigenvalue weighted by Gasteiger charge is 2.31. The number of aromatic nitrogens is 4. The molecule has 190 valence electrons. The van der Waals surface area contributed by atoms with Crippen LogP contribution < -0.4 is 5.32 Å². The van der Waals surface area contributed by atoms with Crippen molar-refractivity contribution in [3.05, 3.63) is 54.0 Å². The van der Waals surface area contributed by atoms with Crippen LogP contribution in [0.15, 0.2) is 42.9 Å². The average molecular weight is 490 g/mol. The van der Waals surface area contributed by atoms with Crippen molar-refractivity contribution in [1.82, 2.24) is 29.5 Å². The number of carbonyl (C=O) groups excluding carboxylic acids is 1. The number of ether oxygens (including phenoxy) is 1. The van der Waals surface area contributed by atoms with Crippen molar-refractivity contribution in [2.45, 2.75) is 51.9 Å². The van der Waals surface area contributed by atoms with E-state index < -0.39 is 0 Å². The SMILES string of the molecule is Cc1cc(-c2ccnc(Nc3cnn(C4CN(C)C4)c3)n2)ccc1CCC(=O)N1CC(OC(C)C)C1. The van der Waals surface area contributed by atoms with Crippen LogP contribution >= 0.6 is 0 Å². The smallest absolute Gasteiger partial charge is 0.227 e. The van der Waals surface area contributed by atoms with Crippen molar-refractivity contribution in [1.29, 1.82) is 0 Å². The molecule has 0 spiro atoms. The molecule has 1 N–H and O–H groups in total. The number of hydrogen-bond donors (Lipinski definition) is 1. The first-order chi connectivity index (χ1) is 17.3. The molecular weight excluding hydrogens is 454 g/mol. The summed E-state index contributed by atoms with van der Waals surface area (Å²) in [5.41, 5.74) is 5.09. The summed E-state index contributed by atoms with van der Waals surface area (Å²) in [5.74, 6) is 0.737. The van der Waals surface area contributed by atoms with Crippen LogP contribution in [0.1, 0.15) is 37.4 Å². The zero-order valence-electron chi connectivity index (χ0n) is 21.5. The van der Waals surface area contributed by atoms with Gasteiger partial charge in [0.25, 0.3) is 0 Å². The van der Waals surface area contributed by atoms with Gasteiger partial charge in [0.15, 0.2) is 0 Å². The predicted octanol–water partition coefficient (Wildman–Crippen LogP) is 3.45. The van der Waals surface area contributed by atoms with Gasteiger partial charge in [-0.05, 0) is 57.5 Å². The summed E-state index contributed by atoms with van der Waals surface area (Å²) in [5, 5.41) is 7.75. The van der Waals surface area contributed by atoms with E-state index in [4.69, 9.17) is 9.72 Å². The van der Waals surface area contributed by atoms with E-state index in [1.54, 1.807) is 6.20 Å². The second-order valence-electron chi connectivity index (χ2n) is 10.2. The van der Waals surface area contributed by atoms with E-state index in [1.807, 2.05) is 41.9 Å². The Labute approximate surface area is 212 Å². The van der Waals surface area contributed by atoms with Crippen LogP contribution in [-0.4, -0.2) is 80.9 Å². The molecule has 0 saturated carbocycles. The molecule has 5 rings (SSSR count). The number of likely N-dealkylation sites (tertiary alicyclic amines) is 2. The lowest BCUT2D eigenvalue weighted by atomic mass is 9.99. The summed E-state index contributed by atoms with van der Waals surface area (Å²) >= 11 is 0. The monoisotopic (exact) mass is 489 g/mol. The Kier molecular flexibility index (Phi) is 7.02. The number of aryl methyl sites for hydroxylation is 2. The third kappa shape index (κ3) is 5.57. The van der Waals surface area contributed by atoms with E-state index in [-0.39, 0.29) is 18.1 Å². The molecule has 1 amide bonds. The Morgan fingerprint density at radius 2 is 2.00 bits per heavy atom. The minimum absolute atomic E-state index is 0.183. The number of carbonyl (C=O) groups is 1. The molecule has 0 radical (unpaired) electrons. The van der Waals surface area contributed by atoms with E-state index >= 15 is 0 Å². The van der Waals surface area contributed by atoms with Gasteiger partial charge in [-0.15, -0.1) is 0 Å². The first kappa shape index (κ1) is 24.4. The molecule has 9 nitrogen and oxygen atoms in total. The first-order valence-corrected chi connectivity index (χ1v) is 12.7. The van der Waals surface area contributed by atoms with Crippen LogP contribution in [0.2, 0.25) is 0 Å². The Bertz CT molecular complexity index is 1210. The number of hydrogen-bond acceptors (Lipinski definition) is 7. The molecule has 0 bridgehead atoms. The lowest BCUT2D eigenvalue weighted by Gasteiger charge is -2.40. The number of amides is 1. The molecule has 2 aliphatic rings. The predicted molar refractivity (Wildman–Crippen MR) is 139 cm³/mol. The second-order valence-corrected chi connectivity index (χ2v) is 10.2.